The van der Waals surface area contributed by atoms with Gasteiger partial charge in [0.2, 0.25) is 5.91 Å². The second-order valence-electron chi connectivity index (χ2n) is 5.10. The van der Waals surface area contributed by atoms with E-state index in [2.05, 4.69) is 12.1 Å². The van der Waals surface area contributed by atoms with Crippen molar-refractivity contribution in [2.75, 3.05) is 13.1 Å². The molecule has 2 N–H and O–H groups in total. The molecule has 2 aliphatic heterocycles. The highest BCUT2D eigenvalue weighted by molar-refractivity contribution is 8.01. The third-order valence-corrected chi connectivity index (χ3v) is 5.00. The third-order valence-electron chi connectivity index (χ3n) is 3.69. The smallest absolute Gasteiger partial charge is 0.236 e. The molecular formula is C14H19ClN2OS. The zero-order valence-corrected chi connectivity index (χ0v) is 12.4. The van der Waals surface area contributed by atoms with Gasteiger partial charge in [0, 0.05) is 24.0 Å². The van der Waals surface area contributed by atoms with Crippen LogP contribution < -0.4 is 5.73 Å². The number of nitrogens with zero attached hydrogens (tertiary/aromatic N) is 1. The molecule has 1 amide bonds. The minimum Gasteiger partial charge on any atom is -0.340 e. The zero-order chi connectivity index (χ0) is 12.5. The largest absolute Gasteiger partial charge is 0.340 e. The second kappa shape index (κ2) is 6.16. The molecule has 1 aromatic rings. The van der Waals surface area contributed by atoms with Crippen LogP contribution in [0, 0.1) is 0 Å². The Balaban J connectivity index is 0.00000133. The van der Waals surface area contributed by atoms with Gasteiger partial charge < -0.3 is 10.6 Å². The van der Waals surface area contributed by atoms with E-state index in [9.17, 15) is 4.79 Å². The number of carbonyl (C=O) groups is 1. The van der Waals surface area contributed by atoms with Gasteiger partial charge in [-0.3, -0.25) is 4.79 Å². The second-order valence-corrected chi connectivity index (χ2v) is 6.35. The van der Waals surface area contributed by atoms with Crippen LogP contribution in [0.5, 0.6) is 0 Å². The molecule has 0 radical (unpaired) electrons. The molecule has 2 aliphatic rings. The van der Waals surface area contributed by atoms with Crippen LogP contribution in [0.3, 0.4) is 0 Å². The molecule has 5 heteroatoms. The van der Waals surface area contributed by atoms with Crippen LogP contribution in [-0.4, -0.2) is 35.2 Å². The summed E-state index contributed by atoms with van der Waals surface area (Å²) in [5.74, 6) is 0.270. The molecule has 1 aromatic carbocycles. The van der Waals surface area contributed by atoms with E-state index >= 15 is 0 Å². The summed E-state index contributed by atoms with van der Waals surface area (Å²) in [6.07, 6.45) is 2.95. The van der Waals surface area contributed by atoms with E-state index in [0.717, 1.165) is 32.4 Å². The summed E-state index contributed by atoms with van der Waals surface area (Å²) in [6, 6.07) is 8.47. The van der Waals surface area contributed by atoms with E-state index in [1.807, 2.05) is 17.0 Å². The Morgan fingerprint density at radius 1 is 1.37 bits per heavy atom. The Labute approximate surface area is 124 Å². The Kier molecular flexibility index (Phi) is 4.76. The summed E-state index contributed by atoms with van der Waals surface area (Å²) in [5, 5.41) is 0.0627. The topological polar surface area (TPSA) is 46.3 Å². The number of fused-ring (bicyclic) bond motifs is 1. The molecule has 2 heterocycles. The number of nitrogens with two attached hydrogens (primary N) is 1. The molecule has 2 atom stereocenters. The van der Waals surface area contributed by atoms with Gasteiger partial charge in [0.15, 0.2) is 0 Å². The zero-order valence-electron chi connectivity index (χ0n) is 10.7. The lowest BCUT2D eigenvalue weighted by molar-refractivity contribution is -0.131. The van der Waals surface area contributed by atoms with Crippen LogP contribution in [0.4, 0.5) is 0 Å². The van der Waals surface area contributed by atoms with Crippen LogP contribution in [-0.2, 0) is 11.2 Å². The maximum atomic E-state index is 12.5. The van der Waals surface area contributed by atoms with Gasteiger partial charge in [-0.2, -0.15) is 0 Å². The number of hydrogen-bond donors (Lipinski definition) is 1. The van der Waals surface area contributed by atoms with Crippen molar-refractivity contribution in [1.82, 2.24) is 4.90 Å². The highest BCUT2D eigenvalue weighted by atomic mass is 35.5. The lowest BCUT2D eigenvalue weighted by Crippen LogP contribution is -2.48. The minimum absolute atomic E-state index is 0. The average Bonchev–Trinajstić information content (AvgIpc) is 2.81. The maximum absolute atomic E-state index is 12.5. The molecule has 1 unspecified atom stereocenters. The fourth-order valence-corrected chi connectivity index (χ4v) is 4.01. The molecule has 3 nitrogen and oxygen atoms in total. The van der Waals surface area contributed by atoms with E-state index in [0.29, 0.717) is 0 Å². The predicted octanol–water partition coefficient (Wildman–Crippen LogP) is 2.07. The Hall–Kier alpha value is -0.710. The number of likely N-dealkylation sites (tertiary alicyclic amines) is 1. The highest BCUT2D eigenvalue weighted by Crippen LogP contribution is 2.37. The van der Waals surface area contributed by atoms with Crippen molar-refractivity contribution >= 4 is 30.1 Å². The molecular weight excluding hydrogens is 280 g/mol. The number of amides is 1. The minimum atomic E-state index is 0. The number of hydrogen-bond acceptors (Lipinski definition) is 3. The molecule has 3 rings (SSSR count). The van der Waals surface area contributed by atoms with Crippen LogP contribution in [0.15, 0.2) is 29.2 Å². The lowest BCUT2D eigenvalue weighted by atomic mass is 10.0. The third kappa shape index (κ3) is 3.07. The summed E-state index contributed by atoms with van der Waals surface area (Å²) in [5.41, 5.74) is 7.25. The van der Waals surface area contributed by atoms with Gasteiger partial charge in [-0.05, 0) is 30.9 Å². The number of carbonyl (C=O) groups excluding carboxylic acids is 1. The lowest BCUT2D eigenvalue weighted by Gasteiger charge is -2.32. The van der Waals surface area contributed by atoms with Gasteiger partial charge in [0.25, 0.3) is 0 Å². The van der Waals surface area contributed by atoms with Crippen LogP contribution >= 0.6 is 24.2 Å². The van der Waals surface area contributed by atoms with Crippen LogP contribution in [0.2, 0.25) is 0 Å². The van der Waals surface area contributed by atoms with Gasteiger partial charge in [0.05, 0.1) is 5.25 Å². The van der Waals surface area contributed by atoms with Crippen molar-refractivity contribution in [2.24, 2.45) is 5.73 Å². The molecule has 104 valence electrons. The molecule has 0 bridgehead atoms. The monoisotopic (exact) mass is 298 g/mol. The van der Waals surface area contributed by atoms with Crippen molar-refractivity contribution in [2.45, 2.75) is 35.4 Å². The standard InChI is InChI=1S/C14H18N2OS.ClH/c15-11-5-3-7-16(9-11)14(17)13-8-10-4-1-2-6-12(10)18-13;/h1-2,4,6,11,13H,3,5,7-9,15H2;1H/t11-,13?;/m1./s1. The summed E-state index contributed by atoms with van der Waals surface area (Å²) < 4.78 is 0. The molecule has 0 spiro atoms. The highest BCUT2D eigenvalue weighted by Gasteiger charge is 2.32. The predicted molar refractivity (Wildman–Crippen MR) is 80.8 cm³/mol. The van der Waals surface area contributed by atoms with Crippen molar-refractivity contribution in [1.29, 1.82) is 0 Å². The summed E-state index contributed by atoms with van der Waals surface area (Å²) in [4.78, 5) is 15.7. The Bertz CT molecular complexity index is 444. The van der Waals surface area contributed by atoms with E-state index in [4.69, 9.17) is 5.73 Å². The SMILES string of the molecule is Cl.N[C@@H]1CCCN(C(=O)C2Cc3ccccc3S2)C1. The average molecular weight is 299 g/mol. The fourth-order valence-electron chi connectivity index (χ4n) is 2.73. The number of piperidine rings is 1. The quantitative estimate of drug-likeness (QED) is 0.863. The summed E-state index contributed by atoms with van der Waals surface area (Å²) >= 11 is 1.71. The van der Waals surface area contributed by atoms with Gasteiger partial charge >= 0.3 is 0 Å². The molecule has 0 saturated carbocycles. The molecule has 1 saturated heterocycles. The Morgan fingerprint density at radius 3 is 2.89 bits per heavy atom. The van der Waals surface area contributed by atoms with E-state index < -0.39 is 0 Å². The number of rotatable bonds is 1. The fraction of sp³-hybridized carbons (Fsp3) is 0.500. The van der Waals surface area contributed by atoms with Crippen molar-refractivity contribution in [3.8, 4) is 0 Å². The van der Waals surface area contributed by atoms with Gasteiger partial charge in [-0.15, -0.1) is 24.2 Å². The van der Waals surface area contributed by atoms with Crippen molar-refractivity contribution < 1.29 is 4.79 Å². The van der Waals surface area contributed by atoms with Crippen LogP contribution in [0.25, 0.3) is 0 Å². The number of thioether (sulfide) groups is 1. The van der Waals surface area contributed by atoms with E-state index in [1.165, 1.54) is 10.5 Å². The van der Waals surface area contributed by atoms with Gasteiger partial charge in [-0.1, -0.05) is 18.2 Å². The number of halogens is 1. The van der Waals surface area contributed by atoms with Crippen molar-refractivity contribution in [3.05, 3.63) is 29.8 Å². The molecule has 0 aromatic heterocycles. The number of benzene rings is 1. The molecule has 1 fully saturated rings. The van der Waals surface area contributed by atoms with E-state index in [-0.39, 0.29) is 29.6 Å². The van der Waals surface area contributed by atoms with Gasteiger partial charge in [0.1, 0.15) is 0 Å². The van der Waals surface area contributed by atoms with Gasteiger partial charge in [-0.25, -0.2) is 0 Å². The van der Waals surface area contributed by atoms with E-state index in [1.54, 1.807) is 11.8 Å². The first-order valence-electron chi connectivity index (χ1n) is 6.53. The first kappa shape index (κ1) is 14.7. The normalized spacial score (nSPS) is 25.6. The summed E-state index contributed by atoms with van der Waals surface area (Å²) in [6.45, 7) is 1.60. The molecule has 0 aliphatic carbocycles. The van der Waals surface area contributed by atoms with Crippen molar-refractivity contribution in [3.63, 3.8) is 0 Å². The summed E-state index contributed by atoms with van der Waals surface area (Å²) in [7, 11) is 0. The first-order chi connectivity index (χ1) is 8.74. The molecule has 19 heavy (non-hydrogen) atoms. The maximum Gasteiger partial charge on any atom is 0.236 e. The first-order valence-corrected chi connectivity index (χ1v) is 7.41. The van der Waals surface area contributed by atoms with Crippen LogP contribution in [0.1, 0.15) is 18.4 Å². The Morgan fingerprint density at radius 2 is 2.16 bits per heavy atom.